The molecular weight excluding hydrogens is 380 g/mol. The van der Waals surface area contributed by atoms with Gasteiger partial charge in [0.05, 0.1) is 6.61 Å². The van der Waals surface area contributed by atoms with Crippen molar-refractivity contribution in [2.75, 3.05) is 44.6 Å². The molecule has 0 aliphatic carbocycles. The van der Waals surface area contributed by atoms with Crippen molar-refractivity contribution >= 4 is 11.4 Å². The highest BCUT2D eigenvalue weighted by Gasteiger charge is 2.18. The molecule has 3 rings (SSSR count). The Morgan fingerprint density at radius 2 is 0.968 bits per heavy atom. The molecule has 0 amide bonds. The number of hydrogen-bond donors (Lipinski definition) is 0. The van der Waals surface area contributed by atoms with Gasteiger partial charge in [0.2, 0.25) is 0 Å². The SMILES string of the molecule is CN(C)c1ccc(C(c2ccc(OCC(C)(C)C)cc2)c2ccc(N(C)C)cc2)cc1. The van der Waals surface area contributed by atoms with Crippen LogP contribution in [-0.2, 0) is 0 Å². The van der Waals surface area contributed by atoms with Crippen molar-refractivity contribution in [2.24, 2.45) is 5.41 Å². The van der Waals surface area contributed by atoms with E-state index < -0.39 is 0 Å². The van der Waals surface area contributed by atoms with Crippen molar-refractivity contribution in [1.82, 2.24) is 0 Å². The van der Waals surface area contributed by atoms with E-state index in [0.29, 0.717) is 6.61 Å². The zero-order valence-electron chi connectivity index (χ0n) is 20.0. The second-order valence-corrected chi connectivity index (χ2v) is 9.82. The third-order valence-electron chi connectivity index (χ3n) is 5.37. The molecule has 0 unspecified atom stereocenters. The van der Waals surface area contributed by atoms with Crippen molar-refractivity contribution in [3.8, 4) is 5.75 Å². The number of benzene rings is 3. The number of ether oxygens (including phenoxy) is 1. The second-order valence-electron chi connectivity index (χ2n) is 9.82. The van der Waals surface area contributed by atoms with E-state index in [1.54, 1.807) is 0 Å². The summed E-state index contributed by atoms with van der Waals surface area (Å²) in [6.07, 6.45) is 0. The van der Waals surface area contributed by atoms with Gasteiger partial charge in [-0.1, -0.05) is 57.2 Å². The minimum atomic E-state index is 0.142. The van der Waals surface area contributed by atoms with E-state index >= 15 is 0 Å². The van der Waals surface area contributed by atoms with Gasteiger partial charge in [-0.25, -0.2) is 0 Å². The lowest BCUT2D eigenvalue weighted by Gasteiger charge is -2.22. The van der Waals surface area contributed by atoms with Crippen LogP contribution in [0.2, 0.25) is 0 Å². The molecule has 0 heterocycles. The first-order valence-electron chi connectivity index (χ1n) is 10.9. The van der Waals surface area contributed by atoms with E-state index in [2.05, 4.69) is 132 Å². The molecule has 31 heavy (non-hydrogen) atoms. The normalized spacial score (nSPS) is 11.5. The molecule has 0 saturated heterocycles. The van der Waals surface area contributed by atoms with Crippen LogP contribution in [0.5, 0.6) is 5.75 Å². The van der Waals surface area contributed by atoms with Crippen LogP contribution in [0.15, 0.2) is 72.8 Å². The first-order valence-corrected chi connectivity index (χ1v) is 10.9. The minimum Gasteiger partial charge on any atom is -0.493 e. The van der Waals surface area contributed by atoms with Crippen LogP contribution in [0.3, 0.4) is 0 Å². The Morgan fingerprint density at radius 3 is 1.29 bits per heavy atom. The van der Waals surface area contributed by atoms with Gasteiger partial charge in [0, 0.05) is 45.5 Å². The van der Waals surface area contributed by atoms with Gasteiger partial charge >= 0.3 is 0 Å². The third-order valence-corrected chi connectivity index (χ3v) is 5.37. The van der Waals surface area contributed by atoms with Crippen LogP contribution < -0.4 is 14.5 Å². The van der Waals surface area contributed by atoms with Gasteiger partial charge in [-0.05, 0) is 58.5 Å². The van der Waals surface area contributed by atoms with Crippen molar-refractivity contribution in [3.05, 3.63) is 89.5 Å². The summed E-state index contributed by atoms with van der Waals surface area (Å²) in [4.78, 5) is 4.26. The summed E-state index contributed by atoms with van der Waals surface area (Å²) in [5.74, 6) is 1.09. The molecule has 0 aliphatic rings. The predicted octanol–water partition coefficient (Wildman–Crippen LogP) is 6.42. The Balaban J connectivity index is 1.95. The van der Waals surface area contributed by atoms with E-state index in [4.69, 9.17) is 4.74 Å². The molecule has 0 aliphatic heterocycles. The van der Waals surface area contributed by atoms with Crippen molar-refractivity contribution < 1.29 is 4.74 Å². The molecule has 0 atom stereocenters. The first kappa shape index (κ1) is 22.7. The average Bonchev–Trinajstić information content (AvgIpc) is 2.73. The summed E-state index contributed by atoms with van der Waals surface area (Å²) in [6, 6.07) is 26.3. The molecule has 3 heteroatoms. The summed E-state index contributed by atoms with van der Waals surface area (Å²) in [5, 5.41) is 0. The zero-order chi connectivity index (χ0) is 22.6. The topological polar surface area (TPSA) is 15.7 Å². The molecule has 3 nitrogen and oxygen atoms in total. The van der Waals surface area contributed by atoms with E-state index in [1.807, 2.05) is 0 Å². The molecule has 0 fully saturated rings. The Hall–Kier alpha value is -2.94. The molecule has 0 N–H and O–H groups in total. The van der Waals surface area contributed by atoms with E-state index in [9.17, 15) is 0 Å². The average molecular weight is 417 g/mol. The lowest BCUT2D eigenvalue weighted by atomic mass is 9.85. The smallest absolute Gasteiger partial charge is 0.119 e. The van der Waals surface area contributed by atoms with E-state index in [1.165, 1.54) is 28.1 Å². The number of rotatable bonds is 7. The highest BCUT2D eigenvalue weighted by Crippen LogP contribution is 2.34. The molecule has 0 radical (unpaired) electrons. The van der Waals surface area contributed by atoms with Crippen molar-refractivity contribution in [2.45, 2.75) is 26.7 Å². The molecule has 164 valence electrons. The molecule has 0 bridgehead atoms. The lowest BCUT2D eigenvalue weighted by molar-refractivity contribution is 0.198. The fourth-order valence-corrected chi connectivity index (χ4v) is 3.56. The van der Waals surface area contributed by atoms with E-state index in [0.717, 1.165) is 5.75 Å². The van der Waals surface area contributed by atoms with Gasteiger partial charge in [0.1, 0.15) is 5.75 Å². The Labute approximate surface area is 188 Å². The third kappa shape index (κ3) is 6.04. The van der Waals surface area contributed by atoms with Crippen LogP contribution in [-0.4, -0.2) is 34.8 Å². The maximum absolute atomic E-state index is 5.99. The number of hydrogen-bond acceptors (Lipinski definition) is 3. The lowest BCUT2D eigenvalue weighted by Crippen LogP contribution is -2.16. The van der Waals surface area contributed by atoms with Crippen LogP contribution in [0, 0.1) is 5.41 Å². The van der Waals surface area contributed by atoms with Crippen LogP contribution in [0.1, 0.15) is 43.4 Å². The summed E-state index contributed by atoms with van der Waals surface area (Å²) in [5.41, 5.74) is 6.38. The Morgan fingerprint density at radius 1 is 0.613 bits per heavy atom. The molecule has 3 aromatic rings. The maximum Gasteiger partial charge on any atom is 0.119 e. The maximum atomic E-state index is 5.99. The van der Waals surface area contributed by atoms with Gasteiger partial charge in [-0.15, -0.1) is 0 Å². The molecule has 0 spiro atoms. The standard InChI is InChI=1S/C28H36N2O/c1-28(2,3)20-31-26-18-12-23(13-19-26)27(21-8-14-24(15-9-21)29(4)5)22-10-16-25(17-11-22)30(6)7/h8-19,27H,20H2,1-7H3. The second kappa shape index (κ2) is 9.47. The number of nitrogens with zero attached hydrogens (tertiary/aromatic N) is 2. The van der Waals surface area contributed by atoms with Gasteiger partial charge in [-0.3, -0.25) is 0 Å². The van der Waals surface area contributed by atoms with Gasteiger partial charge in [-0.2, -0.15) is 0 Å². The predicted molar refractivity (Wildman–Crippen MR) is 134 cm³/mol. The first-order chi connectivity index (χ1) is 14.6. The monoisotopic (exact) mass is 416 g/mol. The van der Waals surface area contributed by atoms with Crippen molar-refractivity contribution in [3.63, 3.8) is 0 Å². The van der Waals surface area contributed by atoms with Crippen LogP contribution >= 0.6 is 0 Å². The molecular formula is C28H36N2O. The largest absolute Gasteiger partial charge is 0.493 e. The van der Waals surface area contributed by atoms with E-state index in [-0.39, 0.29) is 11.3 Å². The molecule has 3 aromatic carbocycles. The van der Waals surface area contributed by atoms with Crippen LogP contribution in [0.25, 0.3) is 0 Å². The highest BCUT2D eigenvalue weighted by molar-refractivity contribution is 5.53. The molecule has 0 aromatic heterocycles. The molecule has 0 saturated carbocycles. The Bertz CT molecular complexity index is 898. The Kier molecular flexibility index (Phi) is 6.94. The summed E-state index contributed by atoms with van der Waals surface area (Å²) in [7, 11) is 8.29. The van der Waals surface area contributed by atoms with Crippen molar-refractivity contribution in [1.29, 1.82) is 0 Å². The summed E-state index contributed by atoms with van der Waals surface area (Å²) < 4.78 is 5.99. The van der Waals surface area contributed by atoms with Crippen LogP contribution in [0.4, 0.5) is 11.4 Å². The highest BCUT2D eigenvalue weighted by atomic mass is 16.5. The zero-order valence-corrected chi connectivity index (χ0v) is 20.0. The quantitative estimate of drug-likeness (QED) is 0.413. The fourth-order valence-electron chi connectivity index (χ4n) is 3.56. The van der Waals surface area contributed by atoms with Gasteiger partial charge in [0.25, 0.3) is 0 Å². The van der Waals surface area contributed by atoms with Gasteiger partial charge < -0.3 is 14.5 Å². The number of anilines is 2. The summed E-state index contributed by atoms with van der Waals surface area (Å²) in [6.45, 7) is 7.26. The van der Waals surface area contributed by atoms with Gasteiger partial charge in [0.15, 0.2) is 0 Å². The minimum absolute atomic E-state index is 0.142. The fraction of sp³-hybridized carbons (Fsp3) is 0.357. The summed E-state index contributed by atoms with van der Waals surface area (Å²) >= 11 is 0.